The lowest BCUT2D eigenvalue weighted by atomic mass is 9.83. The Morgan fingerprint density at radius 1 is 1.57 bits per heavy atom. The first-order valence-corrected chi connectivity index (χ1v) is 6.98. The summed E-state index contributed by atoms with van der Waals surface area (Å²) >= 11 is 5.99. The first kappa shape index (κ1) is 13.9. The van der Waals surface area contributed by atoms with Crippen molar-refractivity contribution in [2.24, 2.45) is 0 Å². The van der Waals surface area contributed by atoms with E-state index in [0.29, 0.717) is 28.4 Å². The fourth-order valence-corrected chi connectivity index (χ4v) is 2.72. The van der Waals surface area contributed by atoms with Crippen molar-refractivity contribution in [3.05, 3.63) is 40.8 Å². The van der Waals surface area contributed by atoms with Crippen LogP contribution in [-0.2, 0) is 0 Å². The van der Waals surface area contributed by atoms with E-state index in [0.717, 1.165) is 0 Å². The number of rotatable bonds is 3. The van der Waals surface area contributed by atoms with E-state index in [2.05, 4.69) is 21.5 Å². The largest absolute Gasteiger partial charge is 0.391 e. The third-order valence-corrected chi connectivity index (χ3v) is 4.22. The monoisotopic (exact) mass is 303 g/mol. The van der Waals surface area contributed by atoms with Gasteiger partial charge in [-0.2, -0.15) is 10.4 Å². The predicted octanol–water partition coefficient (Wildman–Crippen LogP) is 1.90. The molecule has 3 rings (SSSR count). The molecular weight excluding hydrogens is 290 g/mol. The standard InChI is InChI=1S/C14H14ClN5O/c1-8-9(6-16)14(17-7-10(8)15)19-11-5-12(21)13(11)20-4-2-3-18-20/h2-4,7,11-13,21H,5H2,1H3,(H,17,19)/t11-,12+,13+/m0/s1. The Kier molecular flexibility index (Phi) is 3.53. The summed E-state index contributed by atoms with van der Waals surface area (Å²) in [7, 11) is 0. The fraction of sp³-hybridized carbons (Fsp3) is 0.357. The van der Waals surface area contributed by atoms with Gasteiger partial charge in [-0.3, -0.25) is 4.68 Å². The molecule has 7 heteroatoms. The number of nitriles is 1. The molecule has 1 aliphatic carbocycles. The summed E-state index contributed by atoms with van der Waals surface area (Å²) < 4.78 is 1.72. The molecule has 0 saturated heterocycles. The van der Waals surface area contributed by atoms with Gasteiger partial charge in [0.05, 0.1) is 28.8 Å². The van der Waals surface area contributed by atoms with Gasteiger partial charge in [-0.05, 0) is 25.0 Å². The number of anilines is 1. The predicted molar refractivity (Wildman–Crippen MR) is 78.0 cm³/mol. The van der Waals surface area contributed by atoms with E-state index in [1.165, 1.54) is 6.20 Å². The minimum absolute atomic E-state index is 0.0277. The van der Waals surface area contributed by atoms with Gasteiger partial charge in [-0.15, -0.1) is 0 Å². The molecule has 3 atom stereocenters. The molecule has 2 aromatic rings. The SMILES string of the molecule is Cc1c(Cl)cnc(N[C@H]2C[C@@H](O)[C@@H]2n2cccn2)c1C#N. The van der Waals surface area contributed by atoms with E-state index in [9.17, 15) is 10.4 Å². The van der Waals surface area contributed by atoms with Crippen LogP contribution in [0.1, 0.15) is 23.6 Å². The van der Waals surface area contributed by atoms with Crippen molar-refractivity contribution in [1.82, 2.24) is 14.8 Å². The number of aromatic nitrogens is 3. The number of halogens is 1. The van der Waals surface area contributed by atoms with Crippen LogP contribution in [0.2, 0.25) is 5.02 Å². The quantitative estimate of drug-likeness (QED) is 0.904. The van der Waals surface area contributed by atoms with Gasteiger partial charge in [0, 0.05) is 18.6 Å². The lowest BCUT2D eigenvalue weighted by Gasteiger charge is -2.42. The molecule has 2 aromatic heterocycles. The molecule has 2 N–H and O–H groups in total. The lowest BCUT2D eigenvalue weighted by Crippen LogP contribution is -2.51. The first-order valence-electron chi connectivity index (χ1n) is 6.60. The highest BCUT2D eigenvalue weighted by Crippen LogP contribution is 2.35. The van der Waals surface area contributed by atoms with Crippen LogP contribution in [-0.4, -0.2) is 32.0 Å². The van der Waals surface area contributed by atoms with Crippen LogP contribution in [0, 0.1) is 18.3 Å². The van der Waals surface area contributed by atoms with Gasteiger partial charge in [-0.1, -0.05) is 11.6 Å². The van der Waals surface area contributed by atoms with E-state index >= 15 is 0 Å². The van der Waals surface area contributed by atoms with Gasteiger partial charge in [0.1, 0.15) is 11.9 Å². The Morgan fingerprint density at radius 3 is 3.00 bits per heavy atom. The Hall–Kier alpha value is -2.10. The van der Waals surface area contributed by atoms with Crippen LogP contribution >= 0.6 is 11.6 Å². The summed E-state index contributed by atoms with van der Waals surface area (Å²) in [5, 5.41) is 27.1. The van der Waals surface area contributed by atoms with Crippen LogP contribution in [0.3, 0.4) is 0 Å². The second-order valence-corrected chi connectivity index (χ2v) is 5.50. The van der Waals surface area contributed by atoms with Crippen molar-refractivity contribution in [3.63, 3.8) is 0 Å². The van der Waals surface area contributed by atoms with Crippen molar-refractivity contribution in [3.8, 4) is 6.07 Å². The zero-order valence-corrected chi connectivity index (χ0v) is 12.1. The normalized spacial score (nSPS) is 24.2. The van der Waals surface area contributed by atoms with Gasteiger partial charge >= 0.3 is 0 Å². The van der Waals surface area contributed by atoms with E-state index in [1.54, 1.807) is 17.8 Å². The molecule has 1 saturated carbocycles. The fourth-order valence-electron chi connectivity index (χ4n) is 2.57. The molecule has 1 aliphatic rings. The number of nitrogens with zero attached hydrogens (tertiary/aromatic N) is 4. The summed E-state index contributed by atoms with van der Waals surface area (Å²) in [4.78, 5) is 4.20. The van der Waals surface area contributed by atoms with E-state index in [1.807, 2.05) is 12.3 Å². The number of pyridine rings is 1. The van der Waals surface area contributed by atoms with Crippen molar-refractivity contribution < 1.29 is 5.11 Å². The molecule has 0 aromatic carbocycles. The summed E-state index contributed by atoms with van der Waals surface area (Å²) in [6, 6.07) is 3.75. The van der Waals surface area contributed by atoms with Crippen LogP contribution in [0.25, 0.3) is 0 Å². The van der Waals surface area contributed by atoms with Gasteiger partial charge < -0.3 is 10.4 Å². The first-order chi connectivity index (χ1) is 10.1. The van der Waals surface area contributed by atoms with Crippen molar-refractivity contribution in [2.75, 3.05) is 5.32 Å². The number of aliphatic hydroxyl groups excluding tert-OH is 1. The summed E-state index contributed by atoms with van der Waals surface area (Å²) in [5.74, 6) is 0.494. The number of aliphatic hydroxyl groups is 1. The Morgan fingerprint density at radius 2 is 2.38 bits per heavy atom. The molecule has 0 amide bonds. The average molecular weight is 304 g/mol. The van der Waals surface area contributed by atoms with Crippen LogP contribution in [0.15, 0.2) is 24.7 Å². The smallest absolute Gasteiger partial charge is 0.144 e. The van der Waals surface area contributed by atoms with E-state index in [4.69, 9.17) is 11.6 Å². The molecular formula is C14H14ClN5O. The lowest BCUT2D eigenvalue weighted by molar-refractivity contribution is 0.0133. The van der Waals surface area contributed by atoms with E-state index in [-0.39, 0.29) is 12.1 Å². The van der Waals surface area contributed by atoms with Crippen molar-refractivity contribution >= 4 is 17.4 Å². The number of nitrogens with one attached hydrogen (secondary N) is 1. The minimum atomic E-state index is -0.457. The molecule has 1 fully saturated rings. The molecule has 6 nitrogen and oxygen atoms in total. The highest BCUT2D eigenvalue weighted by Gasteiger charge is 2.42. The second kappa shape index (κ2) is 5.35. The minimum Gasteiger partial charge on any atom is -0.391 e. The zero-order chi connectivity index (χ0) is 15.0. The second-order valence-electron chi connectivity index (χ2n) is 5.10. The maximum Gasteiger partial charge on any atom is 0.144 e. The molecule has 2 heterocycles. The van der Waals surface area contributed by atoms with Crippen LogP contribution < -0.4 is 5.32 Å². The maximum atomic E-state index is 9.95. The number of hydrogen-bond acceptors (Lipinski definition) is 5. The molecule has 0 spiro atoms. The molecule has 0 unspecified atom stereocenters. The summed E-state index contributed by atoms with van der Waals surface area (Å²) in [6.45, 7) is 1.79. The van der Waals surface area contributed by atoms with Crippen molar-refractivity contribution in [2.45, 2.75) is 31.5 Å². The van der Waals surface area contributed by atoms with Gasteiger partial charge in [0.2, 0.25) is 0 Å². The Bertz CT molecular complexity index is 694. The van der Waals surface area contributed by atoms with Crippen molar-refractivity contribution in [1.29, 1.82) is 5.26 Å². The third-order valence-electron chi connectivity index (χ3n) is 3.84. The number of hydrogen-bond donors (Lipinski definition) is 2. The Labute approximate surface area is 127 Å². The summed E-state index contributed by atoms with van der Waals surface area (Å²) in [5.41, 5.74) is 1.13. The zero-order valence-electron chi connectivity index (χ0n) is 11.4. The van der Waals surface area contributed by atoms with Gasteiger partial charge in [-0.25, -0.2) is 4.98 Å². The van der Waals surface area contributed by atoms with Crippen LogP contribution in [0.5, 0.6) is 0 Å². The molecule has 0 radical (unpaired) electrons. The van der Waals surface area contributed by atoms with Crippen LogP contribution in [0.4, 0.5) is 5.82 Å². The van der Waals surface area contributed by atoms with E-state index < -0.39 is 6.10 Å². The van der Waals surface area contributed by atoms with Gasteiger partial charge in [0.25, 0.3) is 0 Å². The molecule has 108 valence electrons. The topological polar surface area (TPSA) is 86.8 Å². The average Bonchev–Trinajstić information content (AvgIpc) is 2.95. The summed E-state index contributed by atoms with van der Waals surface area (Å²) in [6.07, 6.45) is 5.14. The Balaban J connectivity index is 1.85. The highest BCUT2D eigenvalue weighted by atomic mass is 35.5. The maximum absolute atomic E-state index is 9.95. The highest BCUT2D eigenvalue weighted by molar-refractivity contribution is 6.31. The molecule has 0 bridgehead atoms. The third kappa shape index (κ3) is 2.35. The molecule has 21 heavy (non-hydrogen) atoms. The van der Waals surface area contributed by atoms with Gasteiger partial charge in [0.15, 0.2) is 0 Å². The molecule has 0 aliphatic heterocycles.